The fourth-order valence-electron chi connectivity index (χ4n) is 12.1. The van der Waals surface area contributed by atoms with Crippen molar-refractivity contribution in [3.63, 3.8) is 0 Å². The Morgan fingerprint density at radius 2 is 1.79 bits per heavy atom. The maximum Gasteiger partial charge on any atom is 0.303 e. The molecule has 4 N–H and O–H groups in total. The van der Waals surface area contributed by atoms with Crippen molar-refractivity contribution in [2.45, 2.75) is 157 Å². The van der Waals surface area contributed by atoms with Crippen LogP contribution in [-0.4, -0.2) is 106 Å². The minimum atomic E-state index is -1.31. The molecule has 5 aliphatic rings. The fraction of sp³-hybridized carbons (Fsp3) is 0.841. The molecule has 2 heterocycles. The lowest BCUT2D eigenvalue weighted by atomic mass is 9.36. The van der Waals surface area contributed by atoms with E-state index in [1.807, 2.05) is 0 Å². The van der Waals surface area contributed by atoms with Gasteiger partial charge in [0.05, 0.1) is 37.1 Å². The number of carbonyl (C=O) groups excluding carboxylic acids is 1. The van der Waals surface area contributed by atoms with Crippen LogP contribution in [0, 0.1) is 39.9 Å². The van der Waals surface area contributed by atoms with E-state index in [1.54, 1.807) is 0 Å². The molecule has 1 aromatic heterocycles. The Morgan fingerprint density at radius 3 is 2.46 bits per heavy atom. The normalized spacial score (nSPS) is 37.4. The summed E-state index contributed by atoms with van der Waals surface area (Å²) >= 11 is 1.11. The summed E-state index contributed by atoms with van der Waals surface area (Å²) in [6.07, 6.45) is 4.67. The second-order valence-electron chi connectivity index (χ2n) is 19.9. The van der Waals surface area contributed by atoms with Crippen LogP contribution in [0.4, 0.5) is 5.82 Å². The molecule has 6 rings (SSSR count). The molecule has 0 bridgehead atoms. The number of ether oxygens (including phenoxy) is 4. The van der Waals surface area contributed by atoms with E-state index in [9.17, 15) is 20.1 Å². The van der Waals surface area contributed by atoms with E-state index in [0.29, 0.717) is 76.1 Å². The maximum absolute atomic E-state index is 12.9. The summed E-state index contributed by atoms with van der Waals surface area (Å²) < 4.78 is 33.8. The van der Waals surface area contributed by atoms with Gasteiger partial charge >= 0.3 is 5.97 Å². The molecular formula is C44H72N4O8S. The Labute approximate surface area is 345 Å². The van der Waals surface area contributed by atoms with Crippen LogP contribution >= 0.6 is 11.7 Å². The number of hydrogen-bond donors (Lipinski definition) is 4. The van der Waals surface area contributed by atoms with Gasteiger partial charge in [-0.2, -0.15) is 4.37 Å². The molecule has 0 radical (unpaired) electrons. The van der Waals surface area contributed by atoms with Crippen LogP contribution < -0.4 is 15.0 Å². The zero-order valence-corrected chi connectivity index (χ0v) is 37.1. The van der Waals surface area contributed by atoms with Gasteiger partial charge in [0, 0.05) is 32.1 Å². The average molecular weight is 817 g/mol. The molecule has 4 aliphatic carbocycles. The van der Waals surface area contributed by atoms with Crippen molar-refractivity contribution in [1.29, 1.82) is 0 Å². The van der Waals surface area contributed by atoms with Crippen LogP contribution in [0.15, 0.2) is 22.8 Å². The third-order valence-corrected chi connectivity index (χ3v) is 15.5. The molecule has 5 fully saturated rings. The van der Waals surface area contributed by atoms with Gasteiger partial charge in [0.15, 0.2) is 6.29 Å². The Kier molecular flexibility index (Phi) is 13.6. The maximum atomic E-state index is 12.9. The molecule has 0 amide bonds. The van der Waals surface area contributed by atoms with Crippen LogP contribution in [-0.2, 0) is 19.0 Å². The monoisotopic (exact) mass is 817 g/mol. The SMILES string of the molecule is CC(=O)O[C@H]1C[C@@]2(C)[C@@H](C[C@@H](O)[C@H]3[C@@]4(C)CC[C@@H](O)[C@@H](C)[C@@H]4CC[C@@]32C)/C1=C(\CCC=C(C)C)C(O)OC(CNC(C)(C)C)COc1nsnc1N1CCOCC1. The molecule has 0 spiro atoms. The van der Waals surface area contributed by atoms with Crippen molar-refractivity contribution in [3.8, 4) is 5.88 Å². The standard InChI is InChI=1S/C44H72N4O8S/c1-26(2)12-11-13-30(40(52)56-29(24-45-41(5,6)7)25-54-39-38(46-57-47-39)48-18-20-53-21-19-48)36-32-22-34(51)37-42(8)16-15-33(50)27(3)31(42)14-17-43(37,9)44(32,10)23-35(36)55-28(4)49/h12,27,29,31-35,37,40,45,50-52H,11,13-25H2,1-10H3/b36-30-/t27-,29?,31-,32-,33+,34+,35-,37-,40?,42-,43-,44-/m0/s1. The highest BCUT2D eigenvalue weighted by molar-refractivity contribution is 6.99. The number of carbonyl (C=O) groups is 1. The quantitative estimate of drug-likeness (QED) is 0.0984. The number of aliphatic hydroxyl groups excluding tert-OH is 3. The zero-order chi connectivity index (χ0) is 41.5. The number of nitrogens with zero attached hydrogens (tertiary/aromatic N) is 3. The van der Waals surface area contributed by atoms with E-state index in [0.717, 1.165) is 48.6 Å². The van der Waals surface area contributed by atoms with Crippen molar-refractivity contribution in [2.24, 2.45) is 39.9 Å². The van der Waals surface area contributed by atoms with Gasteiger partial charge in [0.1, 0.15) is 18.8 Å². The Balaban J connectivity index is 1.36. The summed E-state index contributed by atoms with van der Waals surface area (Å²) in [5, 5.41) is 39.4. The van der Waals surface area contributed by atoms with Crippen LogP contribution in [0.1, 0.15) is 121 Å². The first-order valence-electron chi connectivity index (χ1n) is 21.5. The van der Waals surface area contributed by atoms with Gasteiger partial charge < -0.3 is 44.5 Å². The van der Waals surface area contributed by atoms with Crippen LogP contribution in [0.2, 0.25) is 0 Å². The van der Waals surface area contributed by atoms with Crippen LogP contribution in [0.5, 0.6) is 5.88 Å². The molecule has 1 aliphatic heterocycles. The molecule has 4 saturated carbocycles. The van der Waals surface area contributed by atoms with Gasteiger partial charge in [0.2, 0.25) is 5.82 Å². The smallest absolute Gasteiger partial charge is 0.303 e. The highest BCUT2D eigenvalue weighted by Crippen LogP contribution is 2.74. The number of fused-ring (bicyclic) bond motifs is 5. The van der Waals surface area contributed by atoms with E-state index in [-0.39, 0.29) is 58.2 Å². The second kappa shape index (κ2) is 17.5. The fourth-order valence-corrected chi connectivity index (χ4v) is 12.6. The summed E-state index contributed by atoms with van der Waals surface area (Å²) in [5.74, 6) is 1.17. The minimum absolute atomic E-state index is 0.0279. The molecule has 12 atom stereocenters. The predicted octanol–water partition coefficient (Wildman–Crippen LogP) is 6.44. The van der Waals surface area contributed by atoms with Crippen LogP contribution in [0.3, 0.4) is 0 Å². The van der Waals surface area contributed by atoms with Crippen molar-refractivity contribution < 1.29 is 39.1 Å². The average Bonchev–Trinajstić information content (AvgIpc) is 3.71. The minimum Gasteiger partial charge on any atom is -0.472 e. The van der Waals surface area contributed by atoms with Gasteiger partial charge in [-0.3, -0.25) is 4.79 Å². The highest BCUT2D eigenvalue weighted by Gasteiger charge is 2.70. The summed E-state index contributed by atoms with van der Waals surface area (Å²) in [6.45, 7) is 24.3. The Morgan fingerprint density at radius 1 is 1.07 bits per heavy atom. The Hall–Kier alpha value is -2.13. The largest absolute Gasteiger partial charge is 0.472 e. The molecule has 12 nitrogen and oxygen atoms in total. The third kappa shape index (κ3) is 9.00. The van der Waals surface area contributed by atoms with Gasteiger partial charge in [0.25, 0.3) is 5.88 Å². The lowest BCUT2D eigenvalue weighted by molar-refractivity contribution is -0.234. The van der Waals surface area contributed by atoms with E-state index in [1.165, 1.54) is 12.5 Å². The van der Waals surface area contributed by atoms with Gasteiger partial charge in [-0.1, -0.05) is 39.3 Å². The van der Waals surface area contributed by atoms with Crippen LogP contribution in [0.25, 0.3) is 0 Å². The number of nitrogens with one attached hydrogen (secondary N) is 1. The molecule has 2 unspecified atom stereocenters. The highest BCUT2D eigenvalue weighted by atomic mass is 32.1. The number of rotatable bonds is 13. The topological polar surface area (TPSA) is 156 Å². The molecule has 1 aromatic rings. The van der Waals surface area contributed by atoms with Crippen molar-refractivity contribution in [3.05, 3.63) is 22.8 Å². The van der Waals surface area contributed by atoms with E-state index in [2.05, 4.69) is 87.4 Å². The summed E-state index contributed by atoms with van der Waals surface area (Å²) in [6, 6.07) is 0. The molecule has 1 saturated heterocycles. The van der Waals surface area contributed by atoms with Gasteiger partial charge in [-0.15, -0.1) is 4.37 Å². The van der Waals surface area contributed by atoms with E-state index in [4.69, 9.17) is 18.9 Å². The second-order valence-corrected chi connectivity index (χ2v) is 20.5. The lowest BCUT2D eigenvalue weighted by Gasteiger charge is -2.69. The van der Waals surface area contributed by atoms with Crippen molar-refractivity contribution in [2.75, 3.05) is 44.4 Å². The number of hydrogen-bond acceptors (Lipinski definition) is 13. The Bertz CT molecular complexity index is 1620. The summed E-state index contributed by atoms with van der Waals surface area (Å²) in [5.41, 5.74) is 1.86. The molecule has 57 heavy (non-hydrogen) atoms. The van der Waals surface area contributed by atoms with Crippen molar-refractivity contribution in [1.82, 2.24) is 14.1 Å². The van der Waals surface area contributed by atoms with E-state index >= 15 is 0 Å². The number of anilines is 1. The summed E-state index contributed by atoms with van der Waals surface area (Å²) in [7, 11) is 0. The predicted molar refractivity (Wildman–Crippen MR) is 222 cm³/mol. The van der Waals surface area contributed by atoms with Crippen molar-refractivity contribution >= 4 is 23.5 Å². The molecule has 0 aromatic carbocycles. The molecule has 322 valence electrons. The number of esters is 1. The zero-order valence-electron chi connectivity index (χ0n) is 36.3. The van der Waals surface area contributed by atoms with Gasteiger partial charge in [-0.05, 0) is 137 Å². The first kappa shape index (κ1) is 44.4. The first-order chi connectivity index (χ1) is 26.8. The number of morpholine rings is 1. The van der Waals surface area contributed by atoms with E-state index < -0.39 is 24.6 Å². The molecule has 13 heteroatoms. The first-order valence-corrected chi connectivity index (χ1v) is 22.3. The molecular weight excluding hydrogens is 745 g/mol. The van der Waals surface area contributed by atoms with Gasteiger partial charge in [-0.25, -0.2) is 0 Å². The number of aliphatic hydroxyl groups is 3. The number of aromatic nitrogens is 2. The third-order valence-electron chi connectivity index (χ3n) is 15.0. The number of allylic oxidation sites excluding steroid dienone is 2. The lowest BCUT2D eigenvalue weighted by Crippen LogP contribution is -2.65. The summed E-state index contributed by atoms with van der Waals surface area (Å²) in [4.78, 5) is 15.0.